The Balaban J connectivity index is 1.62. The van der Waals surface area contributed by atoms with Crippen molar-refractivity contribution in [2.75, 3.05) is 26.7 Å². The van der Waals surface area contributed by atoms with Crippen LogP contribution in [0.3, 0.4) is 0 Å². The van der Waals surface area contributed by atoms with Crippen LogP contribution in [-0.2, 0) is 4.74 Å². The molecule has 1 aromatic heterocycles. The summed E-state index contributed by atoms with van der Waals surface area (Å²) < 4.78 is 10.5. The summed E-state index contributed by atoms with van der Waals surface area (Å²) in [7, 11) is 1.71. The second-order valence-corrected chi connectivity index (χ2v) is 5.33. The number of ether oxygens (including phenoxy) is 1. The van der Waals surface area contributed by atoms with Crippen LogP contribution in [-0.4, -0.2) is 53.8 Å². The van der Waals surface area contributed by atoms with E-state index in [9.17, 15) is 4.79 Å². The number of methoxy groups -OCH3 is 1. The van der Waals surface area contributed by atoms with Gasteiger partial charge in [-0.2, -0.15) is 4.98 Å². The summed E-state index contributed by atoms with van der Waals surface area (Å²) in [5.74, 6) is 0.551. The van der Waals surface area contributed by atoms with Crippen LogP contribution in [0.5, 0.6) is 0 Å². The first-order valence-corrected chi connectivity index (χ1v) is 7.17. The molecule has 0 bridgehead atoms. The van der Waals surface area contributed by atoms with Gasteiger partial charge in [-0.3, -0.25) is 4.79 Å². The summed E-state index contributed by atoms with van der Waals surface area (Å²) in [5.41, 5.74) is 0. The first kappa shape index (κ1) is 13.5. The first-order chi connectivity index (χ1) is 9.78. The van der Waals surface area contributed by atoms with E-state index in [0.29, 0.717) is 19.0 Å². The maximum absolute atomic E-state index is 12.3. The van der Waals surface area contributed by atoms with Crippen LogP contribution in [0.15, 0.2) is 4.52 Å². The molecule has 0 aliphatic carbocycles. The summed E-state index contributed by atoms with van der Waals surface area (Å²) in [4.78, 5) is 18.3. The minimum atomic E-state index is -0.146. The Morgan fingerprint density at radius 1 is 1.40 bits per heavy atom. The third-order valence-corrected chi connectivity index (χ3v) is 4.05. The van der Waals surface area contributed by atoms with Gasteiger partial charge in [0.05, 0.1) is 12.1 Å². The van der Waals surface area contributed by atoms with E-state index >= 15 is 0 Å². The van der Waals surface area contributed by atoms with Gasteiger partial charge >= 0.3 is 0 Å². The van der Waals surface area contributed by atoms with Crippen molar-refractivity contribution >= 4 is 5.91 Å². The molecule has 2 aliphatic rings. The lowest BCUT2D eigenvalue weighted by Gasteiger charge is -2.30. The fraction of sp³-hybridized carbons (Fsp3) is 0.769. The van der Waals surface area contributed by atoms with E-state index < -0.39 is 0 Å². The summed E-state index contributed by atoms with van der Waals surface area (Å²) >= 11 is 0. The number of carbonyl (C=O) groups is 1. The molecule has 7 heteroatoms. The van der Waals surface area contributed by atoms with Gasteiger partial charge in [0.2, 0.25) is 5.89 Å². The zero-order valence-electron chi connectivity index (χ0n) is 11.7. The Morgan fingerprint density at radius 2 is 2.20 bits per heavy atom. The first-order valence-electron chi connectivity index (χ1n) is 7.17. The van der Waals surface area contributed by atoms with Crippen LogP contribution in [0, 0.1) is 0 Å². The lowest BCUT2D eigenvalue weighted by Crippen LogP contribution is -2.41. The molecule has 1 unspecified atom stereocenters. The van der Waals surface area contributed by atoms with Gasteiger partial charge in [-0.25, -0.2) is 0 Å². The highest BCUT2D eigenvalue weighted by atomic mass is 16.5. The highest BCUT2D eigenvalue weighted by molar-refractivity contribution is 5.90. The fourth-order valence-electron chi connectivity index (χ4n) is 2.79. The Kier molecular flexibility index (Phi) is 3.98. The molecule has 20 heavy (non-hydrogen) atoms. The smallest absolute Gasteiger partial charge is 0.295 e. The van der Waals surface area contributed by atoms with Crippen molar-refractivity contribution in [3.05, 3.63) is 11.7 Å². The molecule has 7 nitrogen and oxygen atoms in total. The number of amides is 1. The summed E-state index contributed by atoms with van der Waals surface area (Å²) in [6.07, 6.45) is 4.05. The predicted molar refractivity (Wildman–Crippen MR) is 70.2 cm³/mol. The molecule has 2 fully saturated rings. The van der Waals surface area contributed by atoms with Gasteiger partial charge < -0.3 is 19.5 Å². The number of hydrogen-bond acceptors (Lipinski definition) is 6. The molecule has 2 saturated heterocycles. The predicted octanol–water partition coefficient (Wildman–Crippen LogP) is 0.745. The molecule has 1 atom stereocenters. The Labute approximate surface area is 117 Å². The van der Waals surface area contributed by atoms with Crippen molar-refractivity contribution in [2.45, 2.75) is 37.8 Å². The van der Waals surface area contributed by atoms with E-state index in [1.807, 2.05) is 0 Å². The monoisotopic (exact) mass is 280 g/mol. The Hall–Kier alpha value is -1.47. The molecule has 0 aromatic carbocycles. The van der Waals surface area contributed by atoms with Gasteiger partial charge in [-0.1, -0.05) is 5.16 Å². The lowest BCUT2D eigenvalue weighted by atomic mass is 10.1. The maximum Gasteiger partial charge on any atom is 0.295 e. The molecule has 2 aliphatic heterocycles. The number of nitrogens with one attached hydrogen (secondary N) is 1. The molecule has 1 aromatic rings. The van der Waals surface area contributed by atoms with Crippen molar-refractivity contribution < 1.29 is 14.1 Å². The molecule has 3 rings (SSSR count). The van der Waals surface area contributed by atoms with Crippen LogP contribution < -0.4 is 5.32 Å². The van der Waals surface area contributed by atoms with E-state index in [0.717, 1.165) is 32.2 Å². The van der Waals surface area contributed by atoms with Gasteiger partial charge in [0.1, 0.15) is 0 Å². The minimum Gasteiger partial charge on any atom is -0.381 e. The fourth-order valence-corrected chi connectivity index (χ4v) is 2.79. The highest BCUT2D eigenvalue weighted by Crippen LogP contribution is 2.22. The number of nitrogens with zero attached hydrogens (tertiary/aromatic N) is 3. The summed E-state index contributed by atoms with van der Waals surface area (Å²) in [6, 6.07) is 0.100. The van der Waals surface area contributed by atoms with Gasteiger partial charge in [-0.05, 0) is 32.2 Å². The maximum atomic E-state index is 12.3. The molecule has 1 N–H and O–H groups in total. The molecule has 0 spiro atoms. The van der Waals surface area contributed by atoms with Gasteiger partial charge in [-0.15, -0.1) is 0 Å². The van der Waals surface area contributed by atoms with Crippen LogP contribution in [0.2, 0.25) is 0 Å². The molecule has 0 saturated carbocycles. The van der Waals surface area contributed by atoms with E-state index in [1.165, 1.54) is 0 Å². The van der Waals surface area contributed by atoms with Crippen molar-refractivity contribution in [1.82, 2.24) is 20.4 Å². The largest absolute Gasteiger partial charge is 0.381 e. The van der Waals surface area contributed by atoms with Crippen molar-refractivity contribution in [3.8, 4) is 0 Å². The average Bonchev–Trinajstić information content (AvgIpc) is 3.17. The van der Waals surface area contributed by atoms with Gasteiger partial charge in [0, 0.05) is 20.2 Å². The number of hydrogen-bond donors (Lipinski definition) is 1. The molecule has 110 valence electrons. The van der Waals surface area contributed by atoms with Crippen molar-refractivity contribution in [1.29, 1.82) is 0 Å². The Morgan fingerprint density at radius 3 is 2.85 bits per heavy atom. The second kappa shape index (κ2) is 5.88. The molecule has 0 radical (unpaired) electrons. The van der Waals surface area contributed by atoms with Crippen LogP contribution >= 0.6 is 0 Å². The third-order valence-electron chi connectivity index (χ3n) is 4.05. The average molecular weight is 280 g/mol. The van der Waals surface area contributed by atoms with Gasteiger partial charge in [0.25, 0.3) is 11.7 Å². The molecule has 1 amide bonds. The molecule has 3 heterocycles. The minimum absolute atomic E-state index is 0.100. The van der Waals surface area contributed by atoms with Crippen LogP contribution in [0.25, 0.3) is 0 Å². The van der Waals surface area contributed by atoms with Gasteiger partial charge in [0.15, 0.2) is 0 Å². The second-order valence-electron chi connectivity index (χ2n) is 5.33. The zero-order valence-corrected chi connectivity index (χ0v) is 11.7. The van der Waals surface area contributed by atoms with E-state index in [2.05, 4.69) is 15.5 Å². The number of carbonyl (C=O) groups excluding carboxylic acids is 1. The normalized spacial score (nSPS) is 24.2. The lowest BCUT2D eigenvalue weighted by molar-refractivity contribution is 0.0343. The summed E-state index contributed by atoms with van der Waals surface area (Å²) in [5, 5.41) is 7.11. The quantitative estimate of drug-likeness (QED) is 0.880. The number of piperidine rings is 1. The highest BCUT2D eigenvalue weighted by Gasteiger charge is 2.28. The summed E-state index contributed by atoms with van der Waals surface area (Å²) in [6.45, 7) is 2.33. The zero-order chi connectivity index (χ0) is 13.9. The van der Waals surface area contributed by atoms with Crippen LogP contribution in [0.4, 0.5) is 0 Å². The van der Waals surface area contributed by atoms with Crippen molar-refractivity contribution in [2.24, 2.45) is 0 Å². The molecular formula is C13H20N4O3. The standard InChI is InChI=1S/C13H20N4O3/c1-19-9-4-7-17(8-5-9)13(18)11-15-12(20-16-11)10-3-2-6-14-10/h9-10,14H,2-8H2,1H3. The van der Waals surface area contributed by atoms with Crippen LogP contribution in [0.1, 0.15) is 48.2 Å². The SMILES string of the molecule is COC1CCN(C(=O)c2noc(C3CCCN3)n2)CC1. The van der Waals surface area contributed by atoms with E-state index in [4.69, 9.17) is 9.26 Å². The van der Waals surface area contributed by atoms with Crippen molar-refractivity contribution in [3.63, 3.8) is 0 Å². The topological polar surface area (TPSA) is 80.5 Å². The van der Waals surface area contributed by atoms with E-state index in [-0.39, 0.29) is 23.9 Å². The number of rotatable bonds is 3. The number of aromatic nitrogens is 2. The number of likely N-dealkylation sites (tertiary alicyclic amines) is 1. The van der Waals surface area contributed by atoms with E-state index in [1.54, 1.807) is 12.0 Å². The third kappa shape index (κ3) is 2.69. The Bertz CT molecular complexity index is 462. The molecular weight excluding hydrogens is 260 g/mol.